The molecule has 7 nitrogen and oxygen atoms in total. The molecule has 0 spiro atoms. The molecule has 1 rings (SSSR count). The van der Waals surface area contributed by atoms with Crippen LogP contribution in [0.4, 0.5) is 4.39 Å². The van der Waals surface area contributed by atoms with Gasteiger partial charge in [-0.05, 0) is 33.9 Å². The Morgan fingerprint density at radius 1 is 1.50 bits per heavy atom. The Balaban J connectivity index is 3.03. The van der Waals surface area contributed by atoms with E-state index >= 15 is 0 Å². The lowest BCUT2D eigenvalue weighted by molar-refractivity contribution is -0.0198. The van der Waals surface area contributed by atoms with Gasteiger partial charge in [0.15, 0.2) is 0 Å². The van der Waals surface area contributed by atoms with Crippen molar-refractivity contribution in [1.82, 2.24) is 4.90 Å². The molecule has 1 aliphatic rings. The van der Waals surface area contributed by atoms with Gasteiger partial charge in [-0.2, -0.15) is 0 Å². The number of piperidine rings is 1. The molecule has 22 heavy (non-hydrogen) atoms. The van der Waals surface area contributed by atoms with Crippen LogP contribution >= 0.6 is 0 Å². The van der Waals surface area contributed by atoms with Crippen LogP contribution < -0.4 is 5.14 Å². The second-order valence-corrected chi connectivity index (χ2v) is 7.31. The molecule has 0 saturated carbocycles. The van der Waals surface area contributed by atoms with Gasteiger partial charge in [-0.25, -0.2) is 27.9 Å². The number of primary sulfonamides is 1. The molecule has 0 amide bonds. The molecule has 0 bridgehead atoms. The van der Waals surface area contributed by atoms with Gasteiger partial charge in [0.2, 0.25) is 16.0 Å². The minimum atomic E-state index is -3.73. The molecule has 126 valence electrons. The summed E-state index contributed by atoms with van der Waals surface area (Å²) in [5.74, 6) is -0.348. The van der Waals surface area contributed by atoms with Crippen LogP contribution in [0, 0.1) is 0 Å². The topological polar surface area (TPSA) is 97.3 Å². The third-order valence-corrected chi connectivity index (χ3v) is 4.36. The maximum Gasteiger partial charge on any atom is 0.224 e. The Morgan fingerprint density at radius 2 is 2.14 bits per heavy atom. The highest BCUT2D eigenvalue weighted by molar-refractivity contribution is 7.89. The molecule has 0 aromatic heterocycles. The van der Waals surface area contributed by atoms with E-state index in [4.69, 9.17) is 9.88 Å². The zero-order chi connectivity index (χ0) is 16.9. The van der Waals surface area contributed by atoms with Gasteiger partial charge in [0.05, 0.1) is 23.7 Å². The number of nitrogens with zero attached hydrogens (tertiary/aromatic N) is 3. The first-order valence-corrected chi connectivity index (χ1v) is 8.53. The van der Waals surface area contributed by atoms with Crippen molar-refractivity contribution in [2.24, 2.45) is 15.1 Å². The predicted molar refractivity (Wildman–Crippen MR) is 84.9 cm³/mol. The summed E-state index contributed by atoms with van der Waals surface area (Å²) < 4.78 is 41.9. The molecule has 0 unspecified atom stereocenters. The van der Waals surface area contributed by atoms with Gasteiger partial charge >= 0.3 is 0 Å². The number of hydrogen-bond acceptors (Lipinski definition) is 4. The number of ether oxygens (including phenoxy) is 1. The number of guanidine groups is 1. The summed E-state index contributed by atoms with van der Waals surface area (Å²) in [5.41, 5.74) is 0. The van der Waals surface area contributed by atoms with Gasteiger partial charge in [-0.15, -0.1) is 0 Å². The number of aliphatic imine (C=N–C) groups is 2. The maximum atomic E-state index is 12.8. The smallest absolute Gasteiger partial charge is 0.224 e. The molecule has 0 aromatic rings. The van der Waals surface area contributed by atoms with Crippen molar-refractivity contribution < 1.29 is 17.5 Å². The van der Waals surface area contributed by atoms with E-state index in [2.05, 4.69) is 16.7 Å². The van der Waals surface area contributed by atoms with Crippen LogP contribution in [0.15, 0.2) is 22.0 Å². The highest BCUT2D eigenvalue weighted by Gasteiger charge is 2.35. The van der Waals surface area contributed by atoms with Crippen LogP contribution in [0.1, 0.15) is 27.2 Å². The van der Waals surface area contributed by atoms with Crippen LogP contribution in [0.5, 0.6) is 0 Å². The molecule has 0 aromatic carbocycles. The quantitative estimate of drug-likeness (QED) is 0.613. The standard InChI is InChI=1S/C13H23FN4O3S/c1-9(2)21-11-5-12(22(15,19)20)8-18(7-11)13(16-4)17-6-10(3)14/h6,9,11-12H,4-5,7-8H2,1-3H3,(H2,15,19,20)/b10-6+,17-13+/t11-,12+/m1/s1. The van der Waals surface area contributed by atoms with Crippen molar-refractivity contribution >= 4 is 22.7 Å². The summed E-state index contributed by atoms with van der Waals surface area (Å²) in [5, 5.41) is 4.46. The first-order chi connectivity index (χ1) is 10.1. The minimum absolute atomic E-state index is 0.0591. The third kappa shape index (κ3) is 5.82. The van der Waals surface area contributed by atoms with Crippen molar-refractivity contribution in [2.75, 3.05) is 13.1 Å². The first-order valence-electron chi connectivity index (χ1n) is 6.92. The van der Waals surface area contributed by atoms with Gasteiger partial charge in [0, 0.05) is 13.1 Å². The number of likely N-dealkylation sites (tertiary alicyclic amines) is 1. The van der Waals surface area contributed by atoms with E-state index in [1.165, 1.54) is 6.92 Å². The largest absolute Gasteiger partial charge is 0.374 e. The highest BCUT2D eigenvalue weighted by Crippen LogP contribution is 2.20. The predicted octanol–water partition coefficient (Wildman–Crippen LogP) is 1.03. The van der Waals surface area contributed by atoms with Crippen LogP contribution in [-0.4, -0.2) is 56.5 Å². The summed E-state index contributed by atoms with van der Waals surface area (Å²) >= 11 is 0. The number of nitrogens with two attached hydrogens (primary N) is 1. The Kier molecular flexibility index (Phi) is 6.64. The first kappa shape index (κ1) is 18.7. The zero-order valence-corrected chi connectivity index (χ0v) is 13.9. The van der Waals surface area contributed by atoms with E-state index < -0.39 is 21.1 Å². The van der Waals surface area contributed by atoms with Crippen LogP contribution in [0.2, 0.25) is 0 Å². The van der Waals surface area contributed by atoms with Gasteiger partial charge < -0.3 is 9.64 Å². The lowest BCUT2D eigenvalue weighted by Gasteiger charge is -2.37. The monoisotopic (exact) mass is 334 g/mol. The van der Waals surface area contributed by atoms with E-state index in [0.29, 0.717) is 13.0 Å². The molecule has 2 atom stereocenters. The maximum absolute atomic E-state index is 12.8. The summed E-state index contributed by atoms with van der Waals surface area (Å²) in [6.45, 7) is 8.87. The summed E-state index contributed by atoms with van der Waals surface area (Å²) in [6.07, 6.45) is 0.911. The second kappa shape index (κ2) is 7.80. The third-order valence-electron chi connectivity index (χ3n) is 3.09. The highest BCUT2D eigenvalue weighted by atomic mass is 32.2. The van der Waals surface area contributed by atoms with E-state index in [1.54, 1.807) is 4.90 Å². The SMILES string of the molecule is C=N/C(=N\C=C(/C)F)N1C[C@H](OC(C)C)C[C@H](S(N)(=O)=O)C1. The molecular formula is C13H23FN4O3S. The fourth-order valence-electron chi connectivity index (χ4n) is 2.26. The minimum Gasteiger partial charge on any atom is -0.374 e. The average molecular weight is 334 g/mol. The fourth-order valence-corrected chi connectivity index (χ4v) is 3.13. The van der Waals surface area contributed by atoms with Gasteiger partial charge in [0.25, 0.3) is 0 Å². The Bertz CT molecular complexity index is 556. The van der Waals surface area contributed by atoms with Gasteiger partial charge in [-0.3, -0.25) is 0 Å². The van der Waals surface area contributed by atoms with Crippen molar-refractivity contribution in [2.45, 2.75) is 44.6 Å². The molecule has 2 N–H and O–H groups in total. The molecule has 0 aliphatic carbocycles. The Labute approximate surface area is 130 Å². The van der Waals surface area contributed by atoms with Crippen molar-refractivity contribution in [3.05, 3.63) is 12.0 Å². The number of allylic oxidation sites excluding steroid dienone is 1. The molecule has 1 aliphatic heterocycles. The van der Waals surface area contributed by atoms with Crippen molar-refractivity contribution in [1.29, 1.82) is 0 Å². The molecular weight excluding hydrogens is 311 g/mol. The molecule has 9 heteroatoms. The molecule has 1 fully saturated rings. The van der Waals surface area contributed by atoms with Gasteiger partial charge in [-0.1, -0.05) is 0 Å². The number of hydrogen-bond donors (Lipinski definition) is 1. The molecule has 1 saturated heterocycles. The van der Waals surface area contributed by atoms with Crippen LogP contribution in [-0.2, 0) is 14.8 Å². The lowest BCUT2D eigenvalue weighted by Crippen LogP contribution is -2.52. The fraction of sp³-hybridized carbons (Fsp3) is 0.692. The normalized spacial score (nSPS) is 24.7. The van der Waals surface area contributed by atoms with E-state index in [-0.39, 0.29) is 24.7 Å². The van der Waals surface area contributed by atoms with E-state index in [9.17, 15) is 12.8 Å². The lowest BCUT2D eigenvalue weighted by atomic mass is 10.1. The average Bonchev–Trinajstić information content (AvgIpc) is 2.37. The Morgan fingerprint density at radius 3 is 2.59 bits per heavy atom. The molecule has 0 radical (unpaired) electrons. The van der Waals surface area contributed by atoms with E-state index in [0.717, 1.165) is 6.20 Å². The van der Waals surface area contributed by atoms with Crippen LogP contribution in [0.3, 0.4) is 0 Å². The van der Waals surface area contributed by atoms with Gasteiger partial charge in [0.1, 0.15) is 5.83 Å². The second-order valence-electron chi connectivity index (χ2n) is 5.46. The van der Waals surface area contributed by atoms with Crippen molar-refractivity contribution in [3.63, 3.8) is 0 Å². The van der Waals surface area contributed by atoms with E-state index in [1.807, 2.05) is 13.8 Å². The zero-order valence-electron chi connectivity index (χ0n) is 13.1. The summed E-state index contributed by atoms with van der Waals surface area (Å²) in [7, 11) is -3.73. The number of halogens is 1. The Hall–Kier alpha value is -1.32. The number of sulfonamides is 1. The summed E-state index contributed by atoms with van der Waals surface area (Å²) in [6, 6.07) is 0. The van der Waals surface area contributed by atoms with Crippen LogP contribution in [0.25, 0.3) is 0 Å². The number of rotatable bonds is 4. The van der Waals surface area contributed by atoms with Crippen molar-refractivity contribution in [3.8, 4) is 0 Å². The summed E-state index contributed by atoms with van der Waals surface area (Å²) in [4.78, 5) is 9.21. The molecule has 1 heterocycles.